The molecule has 20 heavy (non-hydrogen) atoms. The molecule has 1 aliphatic heterocycles. The summed E-state index contributed by atoms with van der Waals surface area (Å²) in [7, 11) is 0. The lowest BCUT2D eigenvalue weighted by Gasteiger charge is -2.36. The number of guanidine groups is 1. The van der Waals surface area contributed by atoms with Crippen molar-refractivity contribution in [3.05, 3.63) is 0 Å². The molecule has 1 saturated carbocycles. The molecule has 2 unspecified atom stereocenters. The maximum absolute atomic E-state index is 11.4. The van der Waals surface area contributed by atoms with Gasteiger partial charge in [-0.2, -0.15) is 0 Å². The summed E-state index contributed by atoms with van der Waals surface area (Å²) >= 11 is 0. The van der Waals surface area contributed by atoms with Crippen LogP contribution < -0.4 is 5.32 Å². The predicted octanol–water partition coefficient (Wildman–Crippen LogP) is 1.30. The van der Waals surface area contributed by atoms with E-state index in [1.807, 2.05) is 4.90 Å². The van der Waals surface area contributed by atoms with Crippen LogP contribution in [0.25, 0.3) is 0 Å². The average molecular weight is 280 g/mol. The van der Waals surface area contributed by atoms with Crippen molar-refractivity contribution in [1.82, 2.24) is 15.1 Å². The van der Waals surface area contributed by atoms with Gasteiger partial charge in [-0.3, -0.25) is 9.79 Å². The van der Waals surface area contributed by atoms with Crippen LogP contribution in [-0.4, -0.2) is 60.4 Å². The zero-order valence-corrected chi connectivity index (χ0v) is 13.1. The zero-order chi connectivity index (χ0) is 14.5. The van der Waals surface area contributed by atoms with Crippen LogP contribution in [-0.2, 0) is 4.79 Å². The second-order valence-electron chi connectivity index (χ2n) is 5.83. The molecule has 1 N–H and O–H groups in total. The van der Waals surface area contributed by atoms with E-state index in [1.54, 1.807) is 6.92 Å². The maximum atomic E-state index is 11.4. The first kappa shape index (κ1) is 15.1. The van der Waals surface area contributed by atoms with Crippen LogP contribution >= 0.6 is 0 Å². The normalized spacial score (nSPS) is 26.6. The molecule has 2 aliphatic rings. The molecule has 0 bridgehead atoms. The lowest BCUT2D eigenvalue weighted by Crippen LogP contribution is -2.54. The number of nitrogens with one attached hydrogen (secondary N) is 1. The van der Waals surface area contributed by atoms with E-state index >= 15 is 0 Å². The highest BCUT2D eigenvalue weighted by atomic mass is 16.2. The Morgan fingerprint density at radius 2 is 1.85 bits per heavy atom. The van der Waals surface area contributed by atoms with Gasteiger partial charge in [0, 0.05) is 45.7 Å². The SMILES string of the molecule is CCCC1CC1NC(=NCC)N1CCN(C(C)=O)CC1. The Morgan fingerprint density at radius 3 is 2.40 bits per heavy atom. The van der Waals surface area contributed by atoms with E-state index in [1.165, 1.54) is 19.3 Å². The molecular formula is C15H28N4O. The van der Waals surface area contributed by atoms with Gasteiger partial charge in [-0.1, -0.05) is 13.3 Å². The van der Waals surface area contributed by atoms with Crippen LogP contribution in [0.15, 0.2) is 4.99 Å². The first-order valence-electron chi connectivity index (χ1n) is 7.97. The van der Waals surface area contributed by atoms with Crippen LogP contribution in [0.3, 0.4) is 0 Å². The van der Waals surface area contributed by atoms with E-state index in [2.05, 4.69) is 29.1 Å². The Bertz CT molecular complexity index is 361. The third-order valence-corrected chi connectivity index (χ3v) is 4.23. The van der Waals surface area contributed by atoms with Crippen molar-refractivity contribution in [3.8, 4) is 0 Å². The quantitative estimate of drug-likeness (QED) is 0.624. The van der Waals surface area contributed by atoms with Crippen LogP contribution in [0.4, 0.5) is 0 Å². The summed E-state index contributed by atoms with van der Waals surface area (Å²) in [5, 5.41) is 3.61. The van der Waals surface area contributed by atoms with E-state index in [0.29, 0.717) is 6.04 Å². The van der Waals surface area contributed by atoms with E-state index in [9.17, 15) is 4.79 Å². The summed E-state index contributed by atoms with van der Waals surface area (Å²) in [4.78, 5) is 20.2. The summed E-state index contributed by atoms with van der Waals surface area (Å²) in [5.41, 5.74) is 0. The van der Waals surface area contributed by atoms with Gasteiger partial charge >= 0.3 is 0 Å². The average Bonchev–Trinajstić information content (AvgIpc) is 3.17. The summed E-state index contributed by atoms with van der Waals surface area (Å²) in [6, 6.07) is 0.617. The Hall–Kier alpha value is -1.26. The first-order chi connectivity index (χ1) is 9.65. The smallest absolute Gasteiger partial charge is 0.219 e. The first-order valence-corrected chi connectivity index (χ1v) is 7.97. The topological polar surface area (TPSA) is 47.9 Å². The molecule has 0 spiro atoms. The number of amides is 1. The molecule has 0 aromatic rings. The molecule has 5 nitrogen and oxygen atoms in total. The number of hydrogen-bond donors (Lipinski definition) is 1. The fourth-order valence-electron chi connectivity index (χ4n) is 2.90. The van der Waals surface area contributed by atoms with E-state index in [0.717, 1.165) is 44.6 Å². The summed E-state index contributed by atoms with van der Waals surface area (Å²) < 4.78 is 0. The molecule has 1 heterocycles. The zero-order valence-electron chi connectivity index (χ0n) is 13.1. The molecular weight excluding hydrogens is 252 g/mol. The second kappa shape index (κ2) is 6.95. The van der Waals surface area contributed by atoms with Gasteiger partial charge in [0.2, 0.25) is 5.91 Å². The molecule has 0 aromatic carbocycles. The minimum atomic E-state index is 0.178. The highest BCUT2D eigenvalue weighted by molar-refractivity contribution is 5.81. The van der Waals surface area contributed by atoms with Crippen molar-refractivity contribution in [3.63, 3.8) is 0 Å². The van der Waals surface area contributed by atoms with Gasteiger partial charge < -0.3 is 15.1 Å². The Morgan fingerprint density at radius 1 is 1.20 bits per heavy atom. The van der Waals surface area contributed by atoms with Gasteiger partial charge in [0.05, 0.1) is 0 Å². The molecule has 0 radical (unpaired) electrons. The monoisotopic (exact) mass is 280 g/mol. The number of aliphatic imine (C=N–C) groups is 1. The molecule has 2 rings (SSSR count). The number of nitrogens with zero attached hydrogens (tertiary/aromatic N) is 3. The summed E-state index contributed by atoms with van der Waals surface area (Å²) in [6.45, 7) is 10.2. The number of hydrogen-bond acceptors (Lipinski definition) is 2. The van der Waals surface area contributed by atoms with Gasteiger partial charge in [-0.05, 0) is 25.7 Å². The van der Waals surface area contributed by atoms with Gasteiger partial charge in [0.1, 0.15) is 0 Å². The van der Waals surface area contributed by atoms with Crippen LogP contribution in [0.2, 0.25) is 0 Å². The molecule has 1 aliphatic carbocycles. The Kier molecular flexibility index (Phi) is 5.26. The van der Waals surface area contributed by atoms with Crippen molar-refractivity contribution in [2.75, 3.05) is 32.7 Å². The van der Waals surface area contributed by atoms with Crippen molar-refractivity contribution in [2.24, 2.45) is 10.9 Å². The lowest BCUT2D eigenvalue weighted by molar-refractivity contribution is -0.130. The molecule has 2 atom stereocenters. The Labute approximate surface area is 122 Å². The second-order valence-corrected chi connectivity index (χ2v) is 5.83. The van der Waals surface area contributed by atoms with Crippen LogP contribution in [0, 0.1) is 5.92 Å². The molecule has 2 fully saturated rings. The van der Waals surface area contributed by atoms with E-state index in [4.69, 9.17) is 0 Å². The number of piperazine rings is 1. The fraction of sp³-hybridized carbons (Fsp3) is 0.867. The van der Waals surface area contributed by atoms with Crippen molar-refractivity contribution < 1.29 is 4.79 Å². The van der Waals surface area contributed by atoms with Gasteiger partial charge in [-0.25, -0.2) is 0 Å². The minimum absolute atomic E-state index is 0.178. The Balaban J connectivity index is 1.84. The summed E-state index contributed by atoms with van der Waals surface area (Å²) in [6.07, 6.45) is 3.86. The standard InChI is InChI=1S/C15H28N4O/c1-4-6-13-11-14(13)17-15(16-5-2)19-9-7-18(8-10-19)12(3)20/h13-14H,4-11H2,1-3H3,(H,16,17). The largest absolute Gasteiger partial charge is 0.353 e. The molecule has 1 amide bonds. The van der Waals surface area contributed by atoms with Gasteiger partial charge in [0.15, 0.2) is 5.96 Å². The third-order valence-electron chi connectivity index (χ3n) is 4.23. The lowest BCUT2D eigenvalue weighted by atomic mass is 10.2. The number of carbonyl (C=O) groups is 1. The molecule has 114 valence electrons. The van der Waals surface area contributed by atoms with E-state index < -0.39 is 0 Å². The highest BCUT2D eigenvalue weighted by Gasteiger charge is 2.37. The summed E-state index contributed by atoms with van der Waals surface area (Å²) in [5.74, 6) is 2.05. The predicted molar refractivity (Wildman–Crippen MR) is 81.7 cm³/mol. The molecule has 0 aromatic heterocycles. The third kappa shape index (κ3) is 3.87. The van der Waals surface area contributed by atoms with Gasteiger partial charge in [-0.15, -0.1) is 0 Å². The van der Waals surface area contributed by atoms with Crippen molar-refractivity contribution in [1.29, 1.82) is 0 Å². The van der Waals surface area contributed by atoms with Crippen LogP contribution in [0.5, 0.6) is 0 Å². The van der Waals surface area contributed by atoms with Gasteiger partial charge in [0.25, 0.3) is 0 Å². The molecule has 5 heteroatoms. The van der Waals surface area contributed by atoms with Crippen molar-refractivity contribution >= 4 is 11.9 Å². The minimum Gasteiger partial charge on any atom is -0.353 e. The number of carbonyl (C=O) groups excluding carboxylic acids is 1. The fourth-order valence-corrected chi connectivity index (χ4v) is 2.90. The maximum Gasteiger partial charge on any atom is 0.219 e. The molecule has 1 saturated heterocycles. The van der Waals surface area contributed by atoms with Crippen LogP contribution in [0.1, 0.15) is 40.0 Å². The highest BCUT2D eigenvalue weighted by Crippen LogP contribution is 2.34. The number of rotatable bonds is 4. The van der Waals surface area contributed by atoms with E-state index in [-0.39, 0.29) is 5.91 Å². The van der Waals surface area contributed by atoms with Crippen molar-refractivity contribution in [2.45, 2.75) is 46.1 Å².